The van der Waals surface area contributed by atoms with Crippen LogP contribution < -0.4 is 11.1 Å². The Labute approximate surface area is 102 Å². The Morgan fingerprint density at radius 1 is 1.44 bits per heavy atom. The summed E-state index contributed by atoms with van der Waals surface area (Å²) in [6.07, 6.45) is 2.64. The van der Waals surface area contributed by atoms with Gasteiger partial charge in [-0.25, -0.2) is 9.97 Å². The monoisotopic (exact) mass is 255 g/mol. The molecule has 0 aliphatic heterocycles. The number of hydrogen-bond acceptors (Lipinski definition) is 6. The van der Waals surface area contributed by atoms with Crippen LogP contribution >= 0.6 is 22.9 Å². The number of hydrogen-bond donors (Lipinski definition) is 2. The van der Waals surface area contributed by atoms with Gasteiger partial charge in [0, 0.05) is 30.6 Å². The van der Waals surface area contributed by atoms with E-state index in [0.717, 1.165) is 18.0 Å². The maximum absolute atomic E-state index is 5.75. The zero-order valence-corrected chi connectivity index (χ0v) is 9.92. The van der Waals surface area contributed by atoms with Crippen molar-refractivity contribution in [2.24, 2.45) is 0 Å². The second-order valence-electron chi connectivity index (χ2n) is 3.04. The van der Waals surface area contributed by atoms with E-state index in [9.17, 15) is 0 Å². The van der Waals surface area contributed by atoms with E-state index in [0.29, 0.717) is 11.0 Å². The second kappa shape index (κ2) is 5.09. The molecular weight excluding hydrogens is 246 g/mol. The summed E-state index contributed by atoms with van der Waals surface area (Å²) in [5.41, 5.74) is 5.47. The van der Waals surface area contributed by atoms with E-state index >= 15 is 0 Å². The highest BCUT2D eigenvalue weighted by molar-refractivity contribution is 7.09. The van der Waals surface area contributed by atoms with Crippen molar-refractivity contribution < 1.29 is 0 Å². The Morgan fingerprint density at radius 3 is 3.00 bits per heavy atom. The Morgan fingerprint density at radius 2 is 2.31 bits per heavy atom. The van der Waals surface area contributed by atoms with Gasteiger partial charge in [0.1, 0.15) is 11.0 Å². The molecule has 2 aromatic rings. The minimum Gasteiger partial charge on any atom is -0.369 e. The topological polar surface area (TPSA) is 76.7 Å². The predicted octanol–water partition coefficient (Wildman–Crippen LogP) is 1.82. The maximum atomic E-state index is 5.75. The van der Waals surface area contributed by atoms with Crippen LogP contribution in [0, 0.1) is 0 Å². The van der Waals surface area contributed by atoms with Crippen LogP contribution in [-0.4, -0.2) is 21.5 Å². The van der Waals surface area contributed by atoms with Crippen molar-refractivity contribution in [2.75, 3.05) is 17.6 Å². The van der Waals surface area contributed by atoms with Crippen LogP contribution in [0.2, 0.25) is 5.15 Å². The molecule has 0 amide bonds. The van der Waals surface area contributed by atoms with Crippen LogP contribution in [0.1, 0.15) is 5.01 Å². The first-order valence-corrected chi connectivity index (χ1v) is 5.92. The van der Waals surface area contributed by atoms with E-state index in [4.69, 9.17) is 17.3 Å². The van der Waals surface area contributed by atoms with Gasteiger partial charge in [-0.2, -0.15) is 4.98 Å². The lowest BCUT2D eigenvalue weighted by atomic mass is 10.4. The molecule has 0 radical (unpaired) electrons. The number of rotatable bonds is 4. The summed E-state index contributed by atoms with van der Waals surface area (Å²) in [5.74, 6) is 0.804. The van der Waals surface area contributed by atoms with Gasteiger partial charge in [0.15, 0.2) is 0 Å². The number of nitrogens with zero attached hydrogens (tertiary/aromatic N) is 3. The number of nitrogens with two attached hydrogens (primary N) is 1. The third-order valence-electron chi connectivity index (χ3n) is 1.84. The van der Waals surface area contributed by atoms with Gasteiger partial charge in [-0.05, 0) is 0 Å². The standard InChI is InChI=1S/C9H10ClN5S/c10-6-5-7(15-9(11)14-6)12-2-1-8-13-3-4-16-8/h3-5H,1-2H2,(H3,11,12,14,15). The average Bonchev–Trinajstić information content (AvgIpc) is 2.69. The molecule has 7 heteroatoms. The lowest BCUT2D eigenvalue weighted by Crippen LogP contribution is -2.07. The molecular formula is C9H10ClN5S. The largest absolute Gasteiger partial charge is 0.369 e. The van der Waals surface area contributed by atoms with Crippen LogP contribution in [0.15, 0.2) is 17.6 Å². The van der Waals surface area contributed by atoms with Crippen LogP contribution in [0.5, 0.6) is 0 Å². The minimum absolute atomic E-state index is 0.171. The number of halogens is 1. The summed E-state index contributed by atoms with van der Waals surface area (Å²) in [5, 5.41) is 6.49. The van der Waals surface area contributed by atoms with Crippen molar-refractivity contribution in [2.45, 2.75) is 6.42 Å². The van der Waals surface area contributed by atoms with Crippen LogP contribution in [-0.2, 0) is 6.42 Å². The summed E-state index contributed by atoms with van der Waals surface area (Å²) < 4.78 is 0. The first-order valence-electron chi connectivity index (χ1n) is 4.66. The zero-order chi connectivity index (χ0) is 11.4. The SMILES string of the molecule is Nc1nc(Cl)cc(NCCc2nccs2)n1. The van der Waals surface area contributed by atoms with E-state index in [1.165, 1.54) is 0 Å². The molecule has 0 saturated carbocycles. The Bertz CT molecular complexity index is 439. The fraction of sp³-hybridized carbons (Fsp3) is 0.222. The molecule has 3 N–H and O–H groups in total. The van der Waals surface area contributed by atoms with Gasteiger partial charge in [0.25, 0.3) is 0 Å². The second-order valence-corrected chi connectivity index (χ2v) is 4.40. The molecule has 0 aliphatic rings. The van der Waals surface area contributed by atoms with Crippen LogP contribution in [0.25, 0.3) is 0 Å². The van der Waals surface area contributed by atoms with Crippen molar-refractivity contribution in [1.82, 2.24) is 15.0 Å². The Kier molecular flexibility index (Phi) is 3.53. The number of nitrogens with one attached hydrogen (secondary N) is 1. The molecule has 0 aromatic carbocycles. The average molecular weight is 256 g/mol. The lowest BCUT2D eigenvalue weighted by Gasteiger charge is -2.04. The normalized spacial score (nSPS) is 10.3. The molecule has 2 aromatic heterocycles. The van der Waals surface area contributed by atoms with Gasteiger partial charge in [-0.1, -0.05) is 11.6 Å². The predicted molar refractivity (Wildman–Crippen MR) is 65.8 cm³/mol. The maximum Gasteiger partial charge on any atom is 0.223 e. The highest BCUT2D eigenvalue weighted by Gasteiger charge is 2.00. The molecule has 5 nitrogen and oxygen atoms in total. The molecule has 0 saturated heterocycles. The van der Waals surface area contributed by atoms with E-state index in [-0.39, 0.29) is 5.95 Å². The minimum atomic E-state index is 0.171. The molecule has 2 rings (SSSR count). The number of thiazole rings is 1. The van der Waals surface area contributed by atoms with Gasteiger partial charge in [0.2, 0.25) is 5.95 Å². The summed E-state index contributed by atoms with van der Waals surface area (Å²) in [7, 11) is 0. The molecule has 0 unspecified atom stereocenters. The first-order chi connectivity index (χ1) is 7.74. The Hall–Kier alpha value is -1.40. The molecule has 0 bridgehead atoms. The molecule has 84 valence electrons. The molecule has 2 heterocycles. The molecule has 0 atom stereocenters. The summed E-state index contributed by atoms with van der Waals surface area (Å²) >= 11 is 7.38. The van der Waals surface area contributed by atoms with E-state index in [2.05, 4.69) is 20.3 Å². The summed E-state index contributed by atoms with van der Waals surface area (Å²) in [6, 6.07) is 1.64. The van der Waals surface area contributed by atoms with Crippen molar-refractivity contribution in [3.8, 4) is 0 Å². The fourth-order valence-corrected chi connectivity index (χ4v) is 2.01. The van der Waals surface area contributed by atoms with Gasteiger partial charge >= 0.3 is 0 Å². The molecule has 0 spiro atoms. The first kappa shape index (κ1) is 11.1. The number of nitrogen functional groups attached to an aromatic ring is 1. The Balaban J connectivity index is 1.89. The quantitative estimate of drug-likeness (QED) is 0.815. The summed E-state index contributed by atoms with van der Waals surface area (Å²) in [6.45, 7) is 0.736. The van der Waals surface area contributed by atoms with Crippen LogP contribution in [0.4, 0.5) is 11.8 Å². The van der Waals surface area contributed by atoms with E-state index in [1.54, 1.807) is 23.6 Å². The van der Waals surface area contributed by atoms with Crippen molar-refractivity contribution in [1.29, 1.82) is 0 Å². The van der Waals surface area contributed by atoms with Gasteiger partial charge in [0.05, 0.1) is 5.01 Å². The third kappa shape index (κ3) is 3.04. The van der Waals surface area contributed by atoms with Gasteiger partial charge in [-0.3, -0.25) is 0 Å². The number of anilines is 2. The third-order valence-corrected chi connectivity index (χ3v) is 2.87. The summed E-state index contributed by atoms with van der Waals surface area (Å²) in [4.78, 5) is 12.0. The van der Waals surface area contributed by atoms with Crippen molar-refractivity contribution in [3.63, 3.8) is 0 Å². The van der Waals surface area contributed by atoms with Crippen molar-refractivity contribution in [3.05, 3.63) is 27.8 Å². The highest BCUT2D eigenvalue weighted by atomic mass is 35.5. The lowest BCUT2D eigenvalue weighted by molar-refractivity contribution is 0.984. The molecule has 0 aliphatic carbocycles. The van der Waals surface area contributed by atoms with Crippen molar-refractivity contribution >= 4 is 34.7 Å². The van der Waals surface area contributed by atoms with E-state index < -0.39 is 0 Å². The smallest absolute Gasteiger partial charge is 0.223 e. The zero-order valence-electron chi connectivity index (χ0n) is 8.35. The van der Waals surface area contributed by atoms with Gasteiger partial charge < -0.3 is 11.1 Å². The fourth-order valence-electron chi connectivity index (χ4n) is 1.20. The van der Waals surface area contributed by atoms with E-state index in [1.807, 2.05) is 5.38 Å². The molecule has 16 heavy (non-hydrogen) atoms. The highest BCUT2D eigenvalue weighted by Crippen LogP contribution is 2.12. The molecule has 0 fully saturated rings. The van der Waals surface area contributed by atoms with Crippen LogP contribution in [0.3, 0.4) is 0 Å². The van der Waals surface area contributed by atoms with Gasteiger partial charge in [-0.15, -0.1) is 11.3 Å². The number of aromatic nitrogens is 3.